The number of para-hydroxylation sites is 1. The van der Waals surface area contributed by atoms with E-state index in [1.807, 2.05) is 54.1 Å². The molecule has 14 aromatic rings. The normalized spacial score (nSPS) is 11.4. The molecule has 0 spiro atoms. The summed E-state index contributed by atoms with van der Waals surface area (Å²) in [5.74, 6) is 7.43. The predicted molar refractivity (Wildman–Crippen MR) is 315 cm³/mol. The van der Waals surface area contributed by atoms with Crippen molar-refractivity contribution in [3.63, 3.8) is 0 Å². The third-order valence-corrected chi connectivity index (χ3v) is 12.5. The fourth-order valence-electron chi connectivity index (χ4n) is 8.41. The molecule has 1 aliphatic carbocycles. The molecule has 0 saturated heterocycles. The second-order valence-corrected chi connectivity index (χ2v) is 18.4. The van der Waals surface area contributed by atoms with E-state index in [-0.39, 0.29) is 11.5 Å². The van der Waals surface area contributed by atoms with E-state index in [4.69, 9.17) is 17.8 Å². The number of furan rings is 3. The summed E-state index contributed by atoms with van der Waals surface area (Å²) < 4.78 is 61.3. The molecule has 15 rings (SSSR count). The van der Waals surface area contributed by atoms with Gasteiger partial charge in [-0.05, 0) is 68.0 Å². The van der Waals surface area contributed by atoms with Crippen molar-refractivity contribution >= 4 is 91.5 Å². The van der Waals surface area contributed by atoms with Gasteiger partial charge >= 0.3 is 6.18 Å². The third-order valence-electron chi connectivity index (χ3n) is 12.5. The van der Waals surface area contributed by atoms with E-state index in [0.717, 1.165) is 69.0 Å². The molecular formula is C55H51F3N26O4. The highest BCUT2D eigenvalue weighted by atomic mass is 19.4. The summed E-state index contributed by atoms with van der Waals surface area (Å²) in [4.78, 5) is 70.5. The molecule has 446 valence electrons. The standard InChI is InChI=1S/C12H8F3N5.C12H11N3O.C11H12N6O.C11H11N5O.C9H9N7O/c13-12(14,15)7-3-1-2-4-8(7)20-11-9-10(17-5-16-9)18-6-19-11;1-4-10-11(5-1)14-8-15-12(10)13-7-9-3-2-6-16-9;1-12-11-16-9(8-10(17-11)15-6-14-8)13-5-7-3-2-4-18-7;1-16-7-15-9-10(13-6-14-11(9)16)12-5-8-3-2-4-17-8;1-5-15-6(17-16-5)2-10-8-7-9(12-3-11-7)14-4-13-8/h1-6H,(H2,16,17,18,19,20);1-3,5-6,8H,4,7H2,(H,13,14,15);2-4,6H,5H2,1H3,(H3,12,13,14,15,16,17);2-4,6-7H,5H2,1H3,(H,12,13,14);3-4H,2H2,1H3,(H2,10,11,12,13,14). The van der Waals surface area contributed by atoms with Gasteiger partial charge < -0.3 is 69.2 Å². The van der Waals surface area contributed by atoms with Crippen molar-refractivity contribution in [2.45, 2.75) is 45.7 Å². The largest absolute Gasteiger partial charge is 0.467 e. The first-order chi connectivity index (χ1) is 43.0. The van der Waals surface area contributed by atoms with Gasteiger partial charge in [-0.15, -0.1) is 0 Å². The number of aromatic nitrogens is 20. The predicted octanol–water partition coefficient (Wildman–Crippen LogP) is 9.19. The molecule has 13 aromatic heterocycles. The molecule has 88 heavy (non-hydrogen) atoms. The number of aromatic amines is 3. The Hall–Kier alpha value is -12.2. The Morgan fingerprint density at radius 2 is 1.14 bits per heavy atom. The monoisotopic (exact) mass is 1200 g/mol. The van der Waals surface area contributed by atoms with Crippen LogP contribution in [0.1, 0.15) is 45.8 Å². The first-order valence-corrected chi connectivity index (χ1v) is 26.6. The number of aryl methyl sites for hydroxylation is 2. The van der Waals surface area contributed by atoms with E-state index in [0.29, 0.717) is 83.8 Å². The van der Waals surface area contributed by atoms with Crippen molar-refractivity contribution in [2.75, 3.05) is 38.9 Å². The number of hydrogen-bond donors (Lipinski definition) is 9. The average molecular weight is 1200 g/mol. The van der Waals surface area contributed by atoms with Gasteiger partial charge in [0.05, 0.1) is 87.2 Å². The molecule has 9 N–H and O–H groups in total. The Morgan fingerprint density at radius 1 is 0.568 bits per heavy atom. The maximum absolute atomic E-state index is 12.9. The van der Waals surface area contributed by atoms with Crippen LogP contribution in [0.4, 0.5) is 53.9 Å². The molecule has 0 unspecified atom stereocenters. The first-order valence-electron chi connectivity index (χ1n) is 26.6. The fourth-order valence-corrected chi connectivity index (χ4v) is 8.41. The molecule has 0 atom stereocenters. The number of nitrogens with one attached hydrogen (secondary N) is 9. The van der Waals surface area contributed by atoms with Crippen LogP contribution < -0.4 is 31.9 Å². The second kappa shape index (κ2) is 27.0. The van der Waals surface area contributed by atoms with Crippen LogP contribution in [-0.4, -0.2) is 106 Å². The lowest BCUT2D eigenvalue weighted by Crippen LogP contribution is -2.09. The lowest BCUT2D eigenvalue weighted by molar-refractivity contribution is -0.136. The van der Waals surface area contributed by atoms with E-state index in [1.165, 1.54) is 43.5 Å². The topological polar surface area (TPSA) is 383 Å². The molecule has 1 aliphatic rings. The Labute approximate surface area is 493 Å². The van der Waals surface area contributed by atoms with Crippen LogP contribution in [0.15, 0.2) is 154 Å². The van der Waals surface area contributed by atoms with Gasteiger partial charge in [-0.1, -0.05) is 23.4 Å². The Kier molecular flexibility index (Phi) is 17.7. The SMILES string of the molecule is C1=Cc2ncnc(NCc3ccco3)c2C1.CNc1nc(NCc2ccco2)c2[nH]cnc2n1.Cc1noc(CNc2ncnc3nc[nH]c23)n1.Cn1cnc2c(NCc3ccco3)ncnc21.FC(F)(F)c1ccccc1Nc1ncnc2nc[nH]c12. The van der Waals surface area contributed by atoms with Crippen molar-refractivity contribution in [3.8, 4) is 0 Å². The summed E-state index contributed by atoms with van der Waals surface area (Å²) in [6.07, 6.45) is 17.6. The van der Waals surface area contributed by atoms with Gasteiger partial charge in [0, 0.05) is 19.7 Å². The van der Waals surface area contributed by atoms with Crippen LogP contribution in [0, 0.1) is 6.92 Å². The summed E-state index contributed by atoms with van der Waals surface area (Å²) in [5, 5.41) is 22.0. The number of benzene rings is 1. The quantitative estimate of drug-likeness (QED) is 0.0461. The highest BCUT2D eigenvalue weighted by Crippen LogP contribution is 2.36. The van der Waals surface area contributed by atoms with Crippen molar-refractivity contribution in [1.29, 1.82) is 0 Å². The summed E-state index contributed by atoms with van der Waals surface area (Å²) in [6, 6.07) is 16.5. The van der Waals surface area contributed by atoms with Gasteiger partial charge in [-0.3, -0.25) is 0 Å². The smallest absolute Gasteiger partial charge is 0.418 e. The van der Waals surface area contributed by atoms with Crippen LogP contribution in [0.5, 0.6) is 0 Å². The molecule has 0 aliphatic heterocycles. The zero-order chi connectivity index (χ0) is 60.7. The number of nitrogens with zero attached hydrogens (tertiary/aromatic N) is 17. The van der Waals surface area contributed by atoms with Crippen LogP contribution in [0.2, 0.25) is 0 Å². The molecule has 0 saturated carbocycles. The minimum absolute atomic E-state index is 0.0744. The molecule has 0 bridgehead atoms. The van der Waals surface area contributed by atoms with Crippen molar-refractivity contribution < 1.29 is 30.9 Å². The number of anilines is 7. The van der Waals surface area contributed by atoms with Crippen LogP contribution in [0.3, 0.4) is 0 Å². The van der Waals surface area contributed by atoms with Crippen molar-refractivity contribution in [3.05, 3.63) is 182 Å². The number of hydrogen-bond acceptors (Lipinski definition) is 26. The number of H-pyrrole nitrogens is 3. The van der Waals surface area contributed by atoms with E-state index in [2.05, 4.69) is 133 Å². The molecule has 30 nitrogen and oxygen atoms in total. The molecule has 0 amide bonds. The number of allylic oxidation sites excluding steroid dienone is 1. The first kappa shape index (κ1) is 57.6. The zero-order valence-electron chi connectivity index (χ0n) is 46.7. The molecule has 0 radical (unpaired) electrons. The van der Waals surface area contributed by atoms with E-state index >= 15 is 0 Å². The van der Waals surface area contributed by atoms with Crippen molar-refractivity contribution in [1.82, 2.24) is 99.4 Å². The van der Waals surface area contributed by atoms with Gasteiger partial charge in [0.15, 0.2) is 51.7 Å². The number of halogens is 3. The van der Waals surface area contributed by atoms with Gasteiger partial charge in [-0.2, -0.15) is 28.1 Å². The fraction of sp³-hybridized carbons (Fsp3) is 0.164. The van der Waals surface area contributed by atoms with Gasteiger partial charge in [0.25, 0.3) is 0 Å². The second-order valence-electron chi connectivity index (χ2n) is 18.4. The molecule has 33 heteroatoms. The van der Waals surface area contributed by atoms with Crippen LogP contribution >= 0.6 is 0 Å². The zero-order valence-corrected chi connectivity index (χ0v) is 46.7. The van der Waals surface area contributed by atoms with Gasteiger partial charge in [-0.25, -0.2) is 59.8 Å². The van der Waals surface area contributed by atoms with E-state index < -0.39 is 11.7 Å². The molecule has 0 fully saturated rings. The van der Waals surface area contributed by atoms with Crippen molar-refractivity contribution in [2.24, 2.45) is 7.05 Å². The Balaban J connectivity index is 0.000000114. The minimum Gasteiger partial charge on any atom is -0.467 e. The summed E-state index contributed by atoms with van der Waals surface area (Å²) >= 11 is 0. The van der Waals surface area contributed by atoms with Crippen LogP contribution in [0.25, 0.3) is 50.7 Å². The number of rotatable bonds is 15. The van der Waals surface area contributed by atoms with Gasteiger partial charge in [0.2, 0.25) is 11.8 Å². The number of fused-ring (bicyclic) bond motifs is 5. The number of imidazole rings is 4. The van der Waals surface area contributed by atoms with Crippen LogP contribution in [-0.2, 0) is 45.8 Å². The average Bonchev–Trinajstić information content (AvgIpc) is 3.98. The number of alkyl halides is 3. The Morgan fingerprint density at radius 3 is 1.77 bits per heavy atom. The van der Waals surface area contributed by atoms with E-state index in [9.17, 15) is 13.2 Å². The summed E-state index contributed by atoms with van der Waals surface area (Å²) in [5.41, 5.74) is 6.51. The van der Waals surface area contributed by atoms with Gasteiger partial charge in [0.1, 0.15) is 70.5 Å². The molecule has 1 aromatic carbocycles. The molecular weight excluding hydrogens is 1150 g/mol. The Bertz CT molecular complexity index is 4520. The molecule has 13 heterocycles. The third kappa shape index (κ3) is 14.2. The summed E-state index contributed by atoms with van der Waals surface area (Å²) in [6.45, 7) is 3.96. The maximum Gasteiger partial charge on any atom is 0.418 e. The maximum atomic E-state index is 12.9. The highest BCUT2D eigenvalue weighted by molar-refractivity contribution is 5.86. The highest BCUT2D eigenvalue weighted by Gasteiger charge is 2.33. The summed E-state index contributed by atoms with van der Waals surface area (Å²) in [7, 11) is 3.67. The lowest BCUT2D eigenvalue weighted by Gasteiger charge is -2.13. The lowest BCUT2D eigenvalue weighted by atomic mass is 10.1. The van der Waals surface area contributed by atoms with E-state index in [1.54, 1.807) is 58.1 Å². The minimum atomic E-state index is -4.44.